The number of hydrogen-bond donors (Lipinski definition) is 3. The zero-order valence-corrected chi connectivity index (χ0v) is 20.8. The zero-order valence-electron chi connectivity index (χ0n) is 20.1. The van der Waals surface area contributed by atoms with Crippen LogP contribution >= 0.6 is 11.6 Å². The molecule has 0 aliphatic heterocycles. The van der Waals surface area contributed by atoms with Crippen LogP contribution in [0.25, 0.3) is 0 Å². The zero-order chi connectivity index (χ0) is 24.2. The molecule has 184 valence electrons. The fourth-order valence-corrected chi connectivity index (χ4v) is 4.74. The molecule has 5 nitrogen and oxygen atoms in total. The molecule has 0 bridgehead atoms. The Kier molecular flexibility index (Phi) is 12.2. The molecule has 33 heavy (non-hydrogen) atoms. The second-order valence-corrected chi connectivity index (χ2v) is 9.44. The lowest BCUT2D eigenvalue weighted by Gasteiger charge is -2.31. The number of ether oxygens (including phenoxy) is 1. The molecule has 0 heterocycles. The van der Waals surface area contributed by atoms with Crippen molar-refractivity contribution in [2.75, 3.05) is 6.61 Å². The molecule has 0 aromatic carbocycles. The van der Waals surface area contributed by atoms with Crippen molar-refractivity contribution in [3.8, 4) is 0 Å². The Hall–Kier alpha value is -1.66. The van der Waals surface area contributed by atoms with E-state index in [9.17, 15) is 15.0 Å². The normalized spacial score (nSPS) is 20.8. The summed E-state index contributed by atoms with van der Waals surface area (Å²) in [5.41, 5.74) is 3.71. The van der Waals surface area contributed by atoms with Gasteiger partial charge < -0.3 is 14.9 Å². The Bertz CT molecular complexity index is 781. The first-order valence-electron chi connectivity index (χ1n) is 12.2. The Morgan fingerprint density at radius 1 is 1.36 bits per heavy atom. The van der Waals surface area contributed by atoms with Gasteiger partial charge in [-0.05, 0) is 81.4 Å². The standard InChI is InChI=1S/C27H40ClNO4/c1-4-9-23(16-19(3)28)22-14-12-21(13-15-22)17-24(26(30)31)29-25(27(32)33-5-2)18-20-10-7-6-8-11-20/h6-7,10,14,16,21,24-26,29-31H,3-5,8-9,11-13,15,17-18H2,1-2H3/b23-16+/t21-,24+,25+/m1/s1. The quantitative estimate of drug-likeness (QED) is 0.187. The maximum Gasteiger partial charge on any atom is 0.323 e. The first-order valence-corrected chi connectivity index (χ1v) is 12.6. The van der Waals surface area contributed by atoms with Crippen molar-refractivity contribution in [1.82, 2.24) is 5.32 Å². The number of nitrogens with one attached hydrogen (secondary N) is 1. The van der Waals surface area contributed by atoms with Gasteiger partial charge in [0.2, 0.25) is 0 Å². The molecule has 0 saturated carbocycles. The first-order chi connectivity index (χ1) is 15.8. The third kappa shape index (κ3) is 9.62. The fourth-order valence-electron chi connectivity index (χ4n) is 4.61. The summed E-state index contributed by atoms with van der Waals surface area (Å²) in [4.78, 5) is 12.6. The Morgan fingerprint density at radius 3 is 2.70 bits per heavy atom. The van der Waals surface area contributed by atoms with Gasteiger partial charge in [-0.1, -0.05) is 61.4 Å². The molecule has 3 N–H and O–H groups in total. The second-order valence-electron chi connectivity index (χ2n) is 8.96. The van der Waals surface area contributed by atoms with Crippen LogP contribution in [0.3, 0.4) is 0 Å². The molecule has 0 spiro atoms. The van der Waals surface area contributed by atoms with Gasteiger partial charge in [-0.15, -0.1) is 0 Å². The predicted octanol–water partition coefficient (Wildman–Crippen LogP) is 5.45. The molecule has 0 aromatic heterocycles. The number of halogens is 1. The molecule has 3 atom stereocenters. The molecule has 2 aliphatic rings. The molecular weight excluding hydrogens is 438 g/mol. The minimum absolute atomic E-state index is 0.293. The van der Waals surface area contributed by atoms with Crippen LogP contribution < -0.4 is 5.32 Å². The topological polar surface area (TPSA) is 78.8 Å². The van der Waals surface area contributed by atoms with Crippen molar-refractivity contribution in [2.45, 2.75) is 90.0 Å². The number of carbonyl (C=O) groups excluding carboxylic acids is 1. The van der Waals surface area contributed by atoms with Crippen molar-refractivity contribution in [2.24, 2.45) is 5.92 Å². The van der Waals surface area contributed by atoms with Gasteiger partial charge in [0.05, 0.1) is 12.6 Å². The highest BCUT2D eigenvalue weighted by molar-refractivity contribution is 6.30. The Labute approximate surface area is 203 Å². The van der Waals surface area contributed by atoms with Crippen LogP contribution in [0.1, 0.15) is 71.6 Å². The number of hydrogen-bond acceptors (Lipinski definition) is 5. The molecule has 2 rings (SSSR count). The van der Waals surface area contributed by atoms with Gasteiger partial charge in [0.15, 0.2) is 6.29 Å². The van der Waals surface area contributed by atoms with E-state index in [1.54, 1.807) is 6.92 Å². The summed E-state index contributed by atoms with van der Waals surface area (Å²) in [5, 5.41) is 23.9. The van der Waals surface area contributed by atoms with Gasteiger partial charge in [0.25, 0.3) is 0 Å². The maximum absolute atomic E-state index is 12.6. The smallest absolute Gasteiger partial charge is 0.323 e. The number of aliphatic hydroxyl groups excluding tert-OH is 1. The van der Waals surface area contributed by atoms with Crippen molar-refractivity contribution >= 4 is 17.6 Å². The predicted molar refractivity (Wildman–Crippen MR) is 135 cm³/mol. The van der Waals surface area contributed by atoms with Crippen molar-refractivity contribution in [3.05, 3.63) is 58.7 Å². The third-order valence-electron chi connectivity index (χ3n) is 6.28. The minimum atomic E-state index is -1.55. The van der Waals surface area contributed by atoms with Gasteiger partial charge in [-0.25, -0.2) is 0 Å². The van der Waals surface area contributed by atoms with Crippen LogP contribution in [-0.2, 0) is 9.53 Å². The van der Waals surface area contributed by atoms with E-state index >= 15 is 0 Å². The Morgan fingerprint density at radius 2 is 2.15 bits per heavy atom. The van der Waals surface area contributed by atoms with Crippen LogP contribution in [0, 0.1) is 5.92 Å². The van der Waals surface area contributed by atoms with Crippen molar-refractivity contribution in [3.63, 3.8) is 0 Å². The van der Waals surface area contributed by atoms with E-state index in [1.165, 1.54) is 11.1 Å². The van der Waals surface area contributed by atoms with Gasteiger partial charge in [0.1, 0.15) is 6.04 Å². The largest absolute Gasteiger partial charge is 0.465 e. The molecule has 0 saturated heterocycles. The molecule has 0 unspecified atom stereocenters. The van der Waals surface area contributed by atoms with E-state index in [1.807, 2.05) is 18.2 Å². The van der Waals surface area contributed by atoms with E-state index in [-0.39, 0.29) is 5.97 Å². The highest BCUT2D eigenvalue weighted by Gasteiger charge is 2.30. The van der Waals surface area contributed by atoms with E-state index in [4.69, 9.17) is 16.3 Å². The van der Waals surface area contributed by atoms with Gasteiger partial charge >= 0.3 is 5.97 Å². The molecule has 0 aromatic rings. The average molecular weight is 478 g/mol. The highest BCUT2D eigenvalue weighted by atomic mass is 35.5. The molecular formula is C27H40ClNO4. The highest BCUT2D eigenvalue weighted by Crippen LogP contribution is 2.33. The summed E-state index contributed by atoms with van der Waals surface area (Å²) in [6.07, 6.45) is 16.5. The van der Waals surface area contributed by atoms with Crippen molar-refractivity contribution < 1.29 is 19.7 Å². The van der Waals surface area contributed by atoms with Crippen LogP contribution in [0.4, 0.5) is 0 Å². The van der Waals surface area contributed by atoms with Crippen LogP contribution in [0.15, 0.2) is 58.7 Å². The van der Waals surface area contributed by atoms with E-state index in [0.717, 1.165) is 50.5 Å². The monoisotopic (exact) mass is 477 g/mol. The molecule has 0 radical (unpaired) electrons. The Balaban J connectivity index is 2.05. The number of allylic oxidation sites excluding steroid dienone is 8. The number of aliphatic hydroxyl groups is 2. The third-order valence-corrected chi connectivity index (χ3v) is 6.39. The fraction of sp³-hybridized carbons (Fsp3) is 0.593. The van der Waals surface area contributed by atoms with E-state index in [2.05, 4.69) is 31.0 Å². The summed E-state index contributed by atoms with van der Waals surface area (Å²) in [6, 6.07) is -1.20. The minimum Gasteiger partial charge on any atom is -0.465 e. The summed E-state index contributed by atoms with van der Waals surface area (Å²) in [5.74, 6) is -0.0464. The lowest BCUT2D eigenvalue weighted by Crippen LogP contribution is -2.50. The average Bonchev–Trinajstić information content (AvgIpc) is 2.78. The summed E-state index contributed by atoms with van der Waals surface area (Å²) >= 11 is 6.02. The first kappa shape index (κ1) is 27.6. The summed E-state index contributed by atoms with van der Waals surface area (Å²) < 4.78 is 5.27. The van der Waals surface area contributed by atoms with Crippen molar-refractivity contribution in [1.29, 1.82) is 0 Å². The summed E-state index contributed by atoms with van der Waals surface area (Å²) in [6.45, 7) is 8.02. The maximum atomic E-state index is 12.6. The number of rotatable bonds is 13. The molecule has 0 fully saturated rings. The van der Waals surface area contributed by atoms with Gasteiger partial charge in [0, 0.05) is 5.03 Å². The SMILES string of the molecule is C=C(Cl)/C=C(\CCC)C1=CC[C@@H](C[C@H](N[C@@H](CC2=CC=CCC2)C(=O)OCC)C(O)O)CC1. The van der Waals surface area contributed by atoms with Gasteiger partial charge in [-0.3, -0.25) is 10.1 Å². The van der Waals surface area contributed by atoms with Crippen LogP contribution in [0.2, 0.25) is 0 Å². The van der Waals surface area contributed by atoms with E-state index in [0.29, 0.717) is 30.4 Å². The van der Waals surface area contributed by atoms with Gasteiger partial charge in [-0.2, -0.15) is 0 Å². The van der Waals surface area contributed by atoms with E-state index < -0.39 is 18.4 Å². The molecule has 2 aliphatic carbocycles. The number of carbonyl (C=O) groups is 1. The lowest BCUT2D eigenvalue weighted by molar-refractivity contribution is -0.147. The second kappa shape index (κ2) is 14.6. The molecule has 0 amide bonds. The lowest BCUT2D eigenvalue weighted by atomic mass is 9.82. The van der Waals surface area contributed by atoms with Crippen LogP contribution in [-0.4, -0.2) is 41.2 Å². The molecule has 6 heteroatoms. The summed E-state index contributed by atoms with van der Waals surface area (Å²) in [7, 11) is 0. The van der Waals surface area contributed by atoms with Crippen LogP contribution in [0.5, 0.6) is 0 Å². The number of esters is 1.